The van der Waals surface area contributed by atoms with Crippen LogP contribution in [0.3, 0.4) is 0 Å². The van der Waals surface area contributed by atoms with Crippen molar-refractivity contribution >= 4 is 12.2 Å². The van der Waals surface area contributed by atoms with Crippen LogP contribution < -0.4 is 10.2 Å². The fraction of sp³-hybridized carbons (Fsp3) is 0.267. The Bertz CT molecular complexity index is 531. The van der Waals surface area contributed by atoms with E-state index in [9.17, 15) is 4.39 Å². The van der Waals surface area contributed by atoms with Crippen LogP contribution >= 0.6 is 0 Å². The molecule has 98 valence electrons. The standard InChI is InChI=1S/C15H17BFNO/c1-16(2)14-6-5-13(10-15(14)17)19-9-7-12-4-3-8-18-11-12/h3-6,8,10-11H,7,9H2,1-2H3. The van der Waals surface area contributed by atoms with Gasteiger partial charge in [-0.2, -0.15) is 0 Å². The van der Waals surface area contributed by atoms with E-state index in [-0.39, 0.29) is 12.5 Å². The molecule has 0 fully saturated rings. The molecule has 19 heavy (non-hydrogen) atoms. The van der Waals surface area contributed by atoms with Gasteiger partial charge in [0, 0.05) is 24.9 Å². The van der Waals surface area contributed by atoms with Gasteiger partial charge in [0.15, 0.2) is 6.71 Å². The van der Waals surface area contributed by atoms with E-state index in [1.165, 1.54) is 6.07 Å². The van der Waals surface area contributed by atoms with Gasteiger partial charge in [-0.15, -0.1) is 0 Å². The normalized spacial score (nSPS) is 10.3. The lowest BCUT2D eigenvalue weighted by Gasteiger charge is -2.09. The van der Waals surface area contributed by atoms with Gasteiger partial charge in [0.2, 0.25) is 0 Å². The van der Waals surface area contributed by atoms with Gasteiger partial charge in [-0.1, -0.05) is 25.8 Å². The third kappa shape index (κ3) is 3.81. The molecule has 0 N–H and O–H groups in total. The van der Waals surface area contributed by atoms with Crippen LogP contribution in [0.2, 0.25) is 13.6 Å². The first-order valence-electron chi connectivity index (χ1n) is 6.48. The molecule has 0 saturated heterocycles. The fourth-order valence-electron chi connectivity index (χ4n) is 1.90. The van der Waals surface area contributed by atoms with Gasteiger partial charge in [-0.25, -0.2) is 4.39 Å². The molecule has 0 bridgehead atoms. The highest BCUT2D eigenvalue weighted by Crippen LogP contribution is 2.12. The molecular weight excluding hydrogens is 240 g/mol. The monoisotopic (exact) mass is 257 g/mol. The Hall–Kier alpha value is -1.84. The summed E-state index contributed by atoms with van der Waals surface area (Å²) in [5, 5.41) is 0. The van der Waals surface area contributed by atoms with E-state index in [4.69, 9.17) is 4.74 Å². The lowest BCUT2D eigenvalue weighted by atomic mass is 9.49. The predicted molar refractivity (Wildman–Crippen MR) is 77.0 cm³/mol. The molecule has 1 aromatic heterocycles. The Balaban J connectivity index is 1.92. The minimum absolute atomic E-state index is 0.185. The number of hydrogen-bond acceptors (Lipinski definition) is 2. The van der Waals surface area contributed by atoms with Crippen LogP contribution in [0.1, 0.15) is 5.56 Å². The molecule has 2 nitrogen and oxygen atoms in total. The quantitative estimate of drug-likeness (QED) is 0.768. The first-order chi connectivity index (χ1) is 9.16. The molecule has 1 aromatic carbocycles. The van der Waals surface area contributed by atoms with E-state index in [1.54, 1.807) is 12.3 Å². The average molecular weight is 257 g/mol. The smallest absolute Gasteiger partial charge is 0.173 e. The van der Waals surface area contributed by atoms with Gasteiger partial charge < -0.3 is 4.74 Å². The molecule has 0 aliphatic heterocycles. The molecule has 2 rings (SSSR count). The van der Waals surface area contributed by atoms with Gasteiger partial charge in [0.25, 0.3) is 0 Å². The Labute approximate surface area is 113 Å². The molecule has 0 aliphatic carbocycles. The molecule has 2 aromatic rings. The first-order valence-corrected chi connectivity index (χ1v) is 6.48. The van der Waals surface area contributed by atoms with Gasteiger partial charge in [-0.05, 0) is 23.2 Å². The van der Waals surface area contributed by atoms with Crippen LogP contribution in [-0.2, 0) is 6.42 Å². The van der Waals surface area contributed by atoms with Gasteiger partial charge in [0.1, 0.15) is 11.6 Å². The lowest BCUT2D eigenvalue weighted by Crippen LogP contribution is -2.25. The first kappa shape index (κ1) is 13.6. The maximum Gasteiger partial charge on any atom is 0.173 e. The summed E-state index contributed by atoms with van der Waals surface area (Å²) in [6.07, 6.45) is 4.32. The Morgan fingerprint density at radius 1 is 1.26 bits per heavy atom. The van der Waals surface area contributed by atoms with Crippen molar-refractivity contribution in [2.24, 2.45) is 0 Å². The molecular formula is C15H17BFNO. The van der Waals surface area contributed by atoms with Crippen LogP contribution in [0.15, 0.2) is 42.7 Å². The molecule has 1 heterocycles. The minimum Gasteiger partial charge on any atom is -0.493 e. The number of pyridine rings is 1. The van der Waals surface area contributed by atoms with Crippen LogP contribution in [0, 0.1) is 5.82 Å². The van der Waals surface area contributed by atoms with E-state index in [0.29, 0.717) is 12.4 Å². The van der Waals surface area contributed by atoms with Gasteiger partial charge in [0.05, 0.1) is 6.61 Å². The van der Waals surface area contributed by atoms with Crippen molar-refractivity contribution in [3.05, 3.63) is 54.1 Å². The number of ether oxygens (including phenoxy) is 1. The third-order valence-electron chi connectivity index (χ3n) is 2.98. The third-order valence-corrected chi connectivity index (χ3v) is 2.98. The number of nitrogens with zero attached hydrogens (tertiary/aromatic N) is 1. The summed E-state index contributed by atoms with van der Waals surface area (Å²) in [4.78, 5) is 4.04. The SMILES string of the molecule is CB(C)c1ccc(OCCc2cccnc2)cc1F. The zero-order chi connectivity index (χ0) is 13.7. The predicted octanol–water partition coefficient (Wildman–Crippen LogP) is 2.80. The highest BCUT2D eigenvalue weighted by molar-refractivity contribution is 6.70. The van der Waals surface area contributed by atoms with Crippen molar-refractivity contribution < 1.29 is 9.13 Å². The van der Waals surface area contributed by atoms with E-state index in [0.717, 1.165) is 17.4 Å². The average Bonchev–Trinajstić information content (AvgIpc) is 2.39. The molecule has 4 heteroatoms. The number of halogens is 1. The zero-order valence-corrected chi connectivity index (χ0v) is 11.3. The summed E-state index contributed by atoms with van der Waals surface area (Å²) in [7, 11) is 0. The highest BCUT2D eigenvalue weighted by Gasteiger charge is 2.10. The summed E-state index contributed by atoms with van der Waals surface area (Å²) in [6.45, 7) is 4.65. The van der Waals surface area contributed by atoms with Crippen molar-refractivity contribution in [2.75, 3.05) is 6.61 Å². The molecule has 0 radical (unpaired) electrons. The Morgan fingerprint density at radius 2 is 2.11 bits per heavy atom. The molecule has 0 aliphatic rings. The van der Waals surface area contributed by atoms with Crippen molar-refractivity contribution in [3.8, 4) is 5.75 Å². The maximum absolute atomic E-state index is 13.8. The second kappa shape index (κ2) is 6.37. The molecule has 0 unspecified atom stereocenters. The number of hydrogen-bond donors (Lipinski definition) is 0. The number of rotatable bonds is 5. The summed E-state index contributed by atoms with van der Waals surface area (Å²) >= 11 is 0. The second-order valence-corrected chi connectivity index (χ2v) is 4.80. The summed E-state index contributed by atoms with van der Waals surface area (Å²) in [6, 6.07) is 8.96. The molecule has 0 saturated carbocycles. The fourth-order valence-corrected chi connectivity index (χ4v) is 1.90. The van der Waals surface area contributed by atoms with Crippen LogP contribution in [-0.4, -0.2) is 18.3 Å². The van der Waals surface area contributed by atoms with Crippen molar-refractivity contribution in [1.82, 2.24) is 4.98 Å². The summed E-state index contributed by atoms with van der Waals surface area (Å²) in [5.74, 6) is 0.375. The minimum atomic E-state index is -0.200. The Kier molecular flexibility index (Phi) is 4.55. The lowest BCUT2D eigenvalue weighted by molar-refractivity contribution is 0.320. The maximum atomic E-state index is 13.8. The number of aromatic nitrogens is 1. The highest BCUT2D eigenvalue weighted by atomic mass is 19.1. The van der Waals surface area contributed by atoms with Crippen molar-refractivity contribution in [2.45, 2.75) is 20.1 Å². The largest absolute Gasteiger partial charge is 0.493 e. The second-order valence-electron chi connectivity index (χ2n) is 4.80. The van der Waals surface area contributed by atoms with Gasteiger partial charge in [-0.3, -0.25) is 4.98 Å². The molecule has 0 atom stereocenters. The topological polar surface area (TPSA) is 22.1 Å². The van der Waals surface area contributed by atoms with Crippen LogP contribution in [0.5, 0.6) is 5.75 Å². The summed E-state index contributed by atoms with van der Waals surface area (Å²) < 4.78 is 19.3. The van der Waals surface area contributed by atoms with E-state index in [2.05, 4.69) is 4.98 Å². The van der Waals surface area contributed by atoms with E-state index >= 15 is 0 Å². The van der Waals surface area contributed by atoms with Crippen LogP contribution in [0.4, 0.5) is 4.39 Å². The molecule has 0 amide bonds. The number of benzene rings is 1. The zero-order valence-electron chi connectivity index (χ0n) is 11.3. The van der Waals surface area contributed by atoms with E-state index < -0.39 is 0 Å². The summed E-state index contributed by atoms with van der Waals surface area (Å²) in [5.41, 5.74) is 1.83. The van der Waals surface area contributed by atoms with Crippen molar-refractivity contribution in [1.29, 1.82) is 0 Å². The van der Waals surface area contributed by atoms with Crippen molar-refractivity contribution in [3.63, 3.8) is 0 Å². The van der Waals surface area contributed by atoms with E-state index in [1.807, 2.05) is 38.0 Å². The van der Waals surface area contributed by atoms with Gasteiger partial charge >= 0.3 is 0 Å². The van der Waals surface area contributed by atoms with Crippen LogP contribution in [0.25, 0.3) is 0 Å². The Morgan fingerprint density at radius 3 is 2.74 bits per heavy atom. The molecule has 0 spiro atoms.